The molecule has 3 N–H and O–H groups in total. The van der Waals surface area contributed by atoms with Crippen molar-refractivity contribution in [3.05, 3.63) is 53.9 Å². The first-order valence-electron chi connectivity index (χ1n) is 5.19. The number of carbonyl (C=O) groups is 1. The summed E-state index contributed by atoms with van der Waals surface area (Å²) in [7, 11) is 0. The van der Waals surface area contributed by atoms with Gasteiger partial charge < -0.3 is 10.8 Å². The summed E-state index contributed by atoms with van der Waals surface area (Å²) in [4.78, 5) is 14.8. The Hall–Kier alpha value is -2.20. The van der Waals surface area contributed by atoms with E-state index in [1.165, 1.54) is 0 Å². The van der Waals surface area contributed by atoms with Crippen molar-refractivity contribution >= 4 is 5.97 Å². The summed E-state index contributed by atoms with van der Waals surface area (Å²) in [5.74, 6) is -0.944. The maximum atomic E-state index is 10.9. The first kappa shape index (κ1) is 11.3. The Morgan fingerprint density at radius 1 is 1.24 bits per heavy atom. The monoisotopic (exact) mass is 228 g/mol. The molecular formula is C13H12N2O2. The van der Waals surface area contributed by atoms with Gasteiger partial charge in [-0.25, -0.2) is 4.79 Å². The third-order valence-electron chi connectivity index (χ3n) is 2.56. The molecule has 4 heteroatoms. The summed E-state index contributed by atoms with van der Waals surface area (Å²) in [6.45, 7) is 0.304. The molecule has 1 heterocycles. The molecule has 0 saturated carbocycles. The predicted octanol–water partition coefficient (Wildman–Crippen LogP) is 1.91. The van der Waals surface area contributed by atoms with E-state index in [1.54, 1.807) is 30.6 Å². The molecule has 4 nitrogen and oxygen atoms in total. The number of hydrogen-bond acceptors (Lipinski definition) is 3. The standard InChI is InChI=1S/C13H12N2O2/c14-8-11-7-10(13(16)17)1-2-12(11)9-3-5-15-6-4-9/h1-7H,8,14H2,(H,16,17). The fraction of sp³-hybridized carbons (Fsp3) is 0.0769. The maximum Gasteiger partial charge on any atom is 0.335 e. The van der Waals surface area contributed by atoms with Gasteiger partial charge in [-0.1, -0.05) is 6.07 Å². The van der Waals surface area contributed by atoms with Crippen LogP contribution in [0.1, 0.15) is 15.9 Å². The quantitative estimate of drug-likeness (QED) is 0.841. The molecule has 0 aliphatic rings. The van der Waals surface area contributed by atoms with Crippen molar-refractivity contribution in [2.45, 2.75) is 6.54 Å². The highest BCUT2D eigenvalue weighted by Crippen LogP contribution is 2.24. The number of benzene rings is 1. The summed E-state index contributed by atoms with van der Waals surface area (Å²) in [5, 5.41) is 8.92. The Kier molecular flexibility index (Phi) is 3.16. The average molecular weight is 228 g/mol. The van der Waals surface area contributed by atoms with Gasteiger partial charge in [0.05, 0.1) is 5.56 Å². The lowest BCUT2D eigenvalue weighted by atomic mass is 9.98. The highest BCUT2D eigenvalue weighted by molar-refractivity contribution is 5.89. The van der Waals surface area contributed by atoms with Gasteiger partial charge in [0.1, 0.15) is 0 Å². The summed E-state index contributed by atoms with van der Waals surface area (Å²) < 4.78 is 0. The van der Waals surface area contributed by atoms with E-state index in [0.29, 0.717) is 6.54 Å². The molecule has 0 radical (unpaired) electrons. The van der Waals surface area contributed by atoms with Crippen molar-refractivity contribution in [2.24, 2.45) is 5.73 Å². The van der Waals surface area contributed by atoms with Gasteiger partial charge in [-0.05, 0) is 41.0 Å². The number of rotatable bonds is 3. The van der Waals surface area contributed by atoms with E-state index in [1.807, 2.05) is 12.1 Å². The summed E-state index contributed by atoms with van der Waals surface area (Å²) in [6.07, 6.45) is 3.39. The number of pyridine rings is 1. The zero-order valence-corrected chi connectivity index (χ0v) is 9.13. The third-order valence-corrected chi connectivity index (χ3v) is 2.56. The number of aromatic carboxylic acids is 1. The molecule has 0 amide bonds. The maximum absolute atomic E-state index is 10.9. The van der Waals surface area contributed by atoms with Crippen LogP contribution in [0.15, 0.2) is 42.7 Å². The number of aromatic nitrogens is 1. The smallest absolute Gasteiger partial charge is 0.335 e. The van der Waals surface area contributed by atoms with Gasteiger partial charge in [-0.2, -0.15) is 0 Å². The Morgan fingerprint density at radius 2 is 1.94 bits per heavy atom. The van der Waals surface area contributed by atoms with Crippen LogP contribution in [0.3, 0.4) is 0 Å². The molecule has 0 bridgehead atoms. The molecular weight excluding hydrogens is 216 g/mol. The number of nitrogens with zero attached hydrogens (tertiary/aromatic N) is 1. The van der Waals surface area contributed by atoms with E-state index < -0.39 is 5.97 Å². The number of hydrogen-bond donors (Lipinski definition) is 2. The second kappa shape index (κ2) is 4.76. The molecule has 0 saturated heterocycles. The van der Waals surface area contributed by atoms with E-state index in [0.717, 1.165) is 16.7 Å². The molecule has 2 rings (SSSR count). The molecule has 0 unspecified atom stereocenters. The van der Waals surface area contributed by atoms with Crippen LogP contribution in [0.2, 0.25) is 0 Å². The number of nitrogens with two attached hydrogens (primary N) is 1. The van der Waals surface area contributed by atoms with Crippen LogP contribution in [0.25, 0.3) is 11.1 Å². The molecule has 86 valence electrons. The topological polar surface area (TPSA) is 76.2 Å². The number of carboxylic acid groups (broad SMARTS) is 1. The van der Waals surface area contributed by atoms with Crippen LogP contribution in [0, 0.1) is 0 Å². The van der Waals surface area contributed by atoms with Crippen molar-refractivity contribution in [2.75, 3.05) is 0 Å². The summed E-state index contributed by atoms with van der Waals surface area (Å²) in [6, 6.07) is 8.71. The minimum Gasteiger partial charge on any atom is -0.478 e. The predicted molar refractivity (Wildman–Crippen MR) is 64.5 cm³/mol. The van der Waals surface area contributed by atoms with E-state index in [-0.39, 0.29) is 5.56 Å². The second-order valence-corrected chi connectivity index (χ2v) is 3.62. The van der Waals surface area contributed by atoms with Crippen LogP contribution in [-0.4, -0.2) is 16.1 Å². The zero-order valence-electron chi connectivity index (χ0n) is 9.13. The molecule has 1 aromatic heterocycles. The summed E-state index contributed by atoms with van der Waals surface area (Å²) >= 11 is 0. The molecule has 1 aromatic carbocycles. The van der Waals surface area contributed by atoms with E-state index in [9.17, 15) is 4.79 Å². The Morgan fingerprint density at radius 3 is 2.53 bits per heavy atom. The second-order valence-electron chi connectivity index (χ2n) is 3.62. The van der Waals surface area contributed by atoms with Crippen molar-refractivity contribution in [1.82, 2.24) is 4.98 Å². The summed E-state index contributed by atoms with van der Waals surface area (Å²) in [5.41, 5.74) is 8.65. The number of carboxylic acids is 1. The van der Waals surface area contributed by atoms with Gasteiger partial charge in [0.15, 0.2) is 0 Å². The van der Waals surface area contributed by atoms with Crippen LogP contribution in [0.5, 0.6) is 0 Å². The average Bonchev–Trinajstić information content (AvgIpc) is 2.39. The van der Waals surface area contributed by atoms with Crippen LogP contribution >= 0.6 is 0 Å². The van der Waals surface area contributed by atoms with Crippen molar-refractivity contribution in [3.8, 4) is 11.1 Å². The highest BCUT2D eigenvalue weighted by atomic mass is 16.4. The highest BCUT2D eigenvalue weighted by Gasteiger charge is 2.08. The van der Waals surface area contributed by atoms with Crippen LogP contribution in [-0.2, 0) is 6.54 Å². The van der Waals surface area contributed by atoms with Gasteiger partial charge in [0.25, 0.3) is 0 Å². The van der Waals surface area contributed by atoms with Crippen molar-refractivity contribution < 1.29 is 9.90 Å². The molecule has 0 spiro atoms. The van der Waals surface area contributed by atoms with E-state index >= 15 is 0 Å². The molecule has 2 aromatic rings. The molecule has 0 aliphatic carbocycles. The zero-order chi connectivity index (χ0) is 12.3. The Labute approximate surface area is 98.7 Å². The van der Waals surface area contributed by atoms with Gasteiger partial charge in [0.2, 0.25) is 0 Å². The fourth-order valence-electron chi connectivity index (χ4n) is 1.71. The normalized spacial score (nSPS) is 10.2. The van der Waals surface area contributed by atoms with E-state index in [4.69, 9.17) is 10.8 Å². The van der Waals surface area contributed by atoms with Gasteiger partial charge >= 0.3 is 5.97 Å². The lowest BCUT2D eigenvalue weighted by molar-refractivity contribution is 0.0697. The van der Waals surface area contributed by atoms with Gasteiger partial charge in [-0.15, -0.1) is 0 Å². The Bertz CT molecular complexity index is 538. The first-order valence-corrected chi connectivity index (χ1v) is 5.19. The lowest BCUT2D eigenvalue weighted by Gasteiger charge is -2.08. The van der Waals surface area contributed by atoms with Crippen molar-refractivity contribution in [3.63, 3.8) is 0 Å². The van der Waals surface area contributed by atoms with E-state index in [2.05, 4.69) is 4.98 Å². The SMILES string of the molecule is NCc1cc(C(=O)O)ccc1-c1ccncc1. The van der Waals surface area contributed by atoms with Crippen LogP contribution < -0.4 is 5.73 Å². The minimum absolute atomic E-state index is 0.253. The largest absolute Gasteiger partial charge is 0.478 e. The molecule has 0 fully saturated rings. The lowest BCUT2D eigenvalue weighted by Crippen LogP contribution is -2.03. The molecule has 0 aliphatic heterocycles. The third kappa shape index (κ3) is 2.32. The van der Waals surface area contributed by atoms with Crippen LogP contribution in [0.4, 0.5) is 0 Å². The van der Waals surface area contributed by atoms with Gasteiger partial charge in [0, 0.05) is 18.9 Å². The first-order chi connectivity index (χ1) is 8.22. The van der Waals surface area contributed by atoms with Gasteiger partial charge in [-0.3, -0.25) is 4.98 Å². The minimum atomic E-state index is -0.944. The van der Waals surface area contributed by atoms with Crippen molar-refractivity contribution in [1.29, 1.82) is 0 Å². The molecule has 0 atom stereocenters. The molecule has 17 heavy (non-hydrogen) atoms. The Balaban J connectivity index is 2.52. The fourth-order valence-corrected chi connectivity index (χ4v) is 1.71.